The summed E-state index contributed by atoms with van der Waals surface area (Å²) < 4.78 is 27.0. The van der Waals surface area contributed by atoms with Gasteiger partial charge in [-0.1, -0.05) is 79.7 Å². The van der Waals surface area contributed by atoms with Crippen molar-refractivity contribution in [3.05, 3.63) is 117 Å². The van der Waals surface area contributed by atoms with Gasteiger partial charge in [0, 0.05) is 85.5 Å². The van der Waals surface area contributed by atoms with Crippen LogP contribution in [0.4, 0.5) is 8.78 Å². The first-order chi connectivity index (χ1) is 25.8. The zero-order valence-electron chi connectivity index (χ0n) is 33.6. The normalized spacial score (nSPS) is 22.2. The standard InChI is InChI=1S/2C23H27FO4/c2*1-22(2)9-15(25)20(16(26)10-22)19(13-5-7-14(24)8-6-13)21-17(27)11-23(3,4)12-18(21)28/h2*5-8,19,25,27H,9-12H2,1-4H3. The maximum atomic E-state index is 13.5. The minimum atomic E-state index is -0.896. The number of rotatable bonds is 6. The van der Waals surface area contributed by atoms with Crippen LogP contribution < -0.4 is 0 Å². The molecule has 0 aliphatic heterocycles. The van der Waals surface area contributed by atoms with Crippen molar-refractivity contribution in [2.24, 2.45) is 21.7 Å². The van der Waals surface area contributed by atoms with Crippen molar-refractivity contribution in [3.8, 4) is 0 Å². The Balaban J connectivity index is 0.000000214. The van der Waals surface area contributed by atoms with E-state index in [9.17, 15) is 48.4 Å². The third-order valence-corrected chi connectivity index (χ3v) is 11.1. The maximum Gasteiger partial charge on any atom is 0.163 e. The number of hydrogen-bond donors (Lipinski definition) is 4. The molecule has 0 saturated heterocycles. The summed E-state index contributed by atoms with van der Waals surface area (Å²) in [5.41, 5.74) is 0.0402. The molecule has 0 bridgehead atoms. The second kappa shape index (κ2) is 15.2. The van der Waals surface area contributed by atoms with Gasteiger partial charge in [0.25, 0.3) is 0 Å². The van der Waals surface area contributed by atoms with Crippen LogP contribution in [-0.4, -0.2) is 43.6 Å². The summed E-state index contributed by atoms with van der Waals surface area (Å²) in [6.45, 7) is 15.2. The maximum absolute atomic E-state index is 13.5. The van der Waals surface area contributed by atoms with Gasteiger partial charge < -0.3 is 20.4 Å². The van der Waals surface area contributed by atoms with Crippen LogP contribution in [0, 0.1) is 33.3 Å². The van der Waals surface area contributed by atoms with Crippen molar-refractivity contribution >= 4 is 23.1 Å². The van der Waals surface area contributed by atoms with Gasteiger partial charge in [-0.3, -0.25) is 19.2 Å². The van der Waals surface area contributed by atoms with E-state index in [1.807, 2.05) is 55.4 Å². The average molecular weight is 773 g/mol. The first-order valence-corrected chi connectivity index (χ1v) is 19.1. The molecule has 0 fully saturated rings. The fourth-order valence-electron chi connectivity index (χ4n) is 8.78. The van der Waals surface area contributed by atoms with Gasteiger partial charge >= 0.3 is 0 Å². The lowest BCUT2D eigenvalue weighted by atomic mass is 9.67. The fraction of sp³-hybridized carbons (Fsp3) is 0.478. The monoisotopic (exact) mass is 772 g/mol. The Bertz CT molecular complexity index is 1820. The molecule has 0 saturated carbocycles. The lowest BCUT2D eigenvalue weighted by Crippen LogP contribution is -2.33. The van der Waals surface area contributed by atoms with Gasteiger partial charge in [-0.25, -0.2) is 8.78 Å². The third-order valence-electron chi connectivity index (χ3n) is 11.1. The first kappa shape index (κ1) is 42.3. The highest BCUT2D eigenvalue weighted by molar-refractivity contribution is 6.06. The summed E-state index contributed by atoms with van der Waals surface area (Å²) in [5, 5.41) is 42.9. The van der Waals surface area contributed by atoms with E-state index in [2.05, 4.69) is 0 Å². The van der Waals surface area contributed by atoms with Crippen LogP contribution in [0.3, 0.4) is 0 Å². The number of Topliss-reactive ketones (excluding diaryl/α,β-unsaturated/α-hetero) is 4. The van der Waals surface area contributed by atoms with Gasteiger partial charge in [-0.15, -0.1) is 0 Å². The van der Waals surface area contributed by atoms with Crippen LogP contribution in [0.15, 0.2) is 93.9 Å². The number of allylic oxidation sites excluding steroid dienone is 8. The van der Waals surface area contributed by atoms with Crippen molar-refractivity contribution in [1.82, 2.24) is 0 Å². The summed E-state index contributed by atoms with van der Waals surface area (Å²) in [4.78, 5) is 51.9. The molecule has 0 spiro atoms. The molecule has 10 heteroatoms. The Morgan fingerprint density at radius 1 is 0.393 bits per heavy atom. The summed E-state index contributed by atoms with van der Waals surface area (Å²) in [7, 11) is 0. The second-order valence-corrected chi connectivity index (χ2v) is 19.2. The van der Waals surface area contributed by atoms with Crippen LogP contribution in [0.2, 0.25) is 0 Å². The highest BCUT2D eigenvalue weighted by Crippen LogP contribution is 2.49. The number of benzene rings is 2. The largest absolute Gasteiger partial charge is 0.512 e. The van der Waals surface area contributed by atoms with Crippen molar-refractivity contribution < 1.29 is 48.4 Å². The topological polar surface area (TPSA) is 149 Å². The van der Waals surface area contributed by atoms with Gasteiger partial charge in [-0.2, -0.15) is 0 Å². The Hall–Kier alpha value is -4.86. The molecule has 4 N–H and O–H groups in total. The lowest BCUT2D eigenvalue weighted by molar-refractivity contribution is -0.121. The van der Waals surface area contributed by atoms with E-state index < -0.39 is 23.5 Å². The van der Waals surface area contributed by atoms with Crippen molar-refractivity contribution in [2.75, 3.05) is 0 Å². The van der Waals surface area contributed by atoms with E-state index in [1.165, 1.54) is 48.5 Å². The number of aliphatic hydroxyl groups is 4. The molecule has 0 radical (unpaired) electrons. The molecule has 0 unspecified atom stereocenters. The summed E-state index contributed by atoms with van der Waals surface area (Å²) in [6, 6.07) is 11.0. The fourth-order valence-corrected chi connectivity index (χ4v) is 8.78. The predicted molar refractivity (Wildman–Crippen MR) is 209 cm³/mol. The van der Waals surface area contributed by atoms with Crippen LogP contribution in [0.5, 0.6) is 0 Å². The quantitative estimate of drug-likeness (QED) is 0.227. The Morgan fingerprint density at radius 3 is 0.768 bits per heavy atom. The molecule has 2 aromatic carbocycles. The molecule has 6 rings (SSSR count). The van der Waals surface area contributed by atoms with Crippen LogP contribution >= 0.6 is 0 Å². The highest BCUT2D eigenvalue weighted by atomic mass is 19.1. The number of carbonyl (C=O) groups is 4. The Morgan fingerprint density at radius 2 is 0.589 bits per heavy atom. The van der Waals surface area contributed by atoms with E-state index in [1.54, 1.807) is 0 Å². The van der Waals surface area contributed by atoms with Crippen LogP contribution in [-0.2, 0) is 19.2 Å². The Kier molecular flexibility index (Phi) is 11.5. The molecule has 56 heavy (non-hydrogen) atoms. The van der Waals surface area contributed by atoms with E-state index in [-0.39, 0.29) is 116 Å². The summed E-state index contributed by atoms with van der Waals surface area (Å²) in [5.74, 6) is -3.91. The predicted octanol–water partition coefficient (Wildman–Crippen LogP) is 10.6. The minimum absolute atomic E-state index is 0.0616. The number of carbonyl (C=O) groups excluding carboxylic acids is 4. The van der Waals surface area contributed by atoms with E-state index in [0.717, 1.165) is 0 Å². The molecule has 2 aromatic rings. The van der Waals surface area contributed by atoms with Gasteiger partial charge in [0.1, 0.15) is 34.7 Å². The molecule has 4 aliphatic carbocycles. The van der Waals surface area contributed by atoms with Crippen LogP contribution in [0.25, 0.3) is 0 Å². The number of hydrogen-bond acceptors (Lipinski definition) is 8. The van der Waals surface area contributed by atoms with Gasteiger partial charge in [-0.05, 0) is 57.1 Å². The molecular formula is C46H54F2O8. The highest BCUT2D eigenvalue weighted by Gasteiger charge is 2.45. The molecule has 8 nitrogen and oxygen atoms in total. The zero-order valence-corrected chi connectivity index (χ0v) is 33.6. The average Bonchev–Trinajstić information content (AvgIpc) is 3.01. The molecule has 300 valence electrons. The first-order valence-electron chi connectivity index (χ1n) is 19.1. The lowest BCUT2D eigenvalue weighted by Gasteiger charge is -2.36. The second-order valence-electron chi connectivity index (χ2n) is 19.2. The van der Waals surface area contributed by atoms with E-state index in [0.29, 0.717) is 36.8 Å². The van der Waals surface area contributed by atoms with Crippen molar-refractivity contribution in [3.63, 3.8) is 0 Å². The van der Waals surface area contributed by atoms with Crippen LogP contribution in [0.1, 0.15) is 130 Å². The van der Waals surface area contributed by atoms with E-state index >= 15 is 0 Å². The minimum Gasteiger partial charge on any atom is -0.512 e. The van der Waals surface area contributed by atoms with Gasteiger partial charge in [0.2, 0.25) is 0 Å². The molecule has 0 atom stereocenters. The molecular weight excluding hydrogens is 718 g/mol. The Labute approximate surface area is 327 Å². The summed E-state index contributed by atoms with van der Waals surface area (Å²) in [6.07, 6.45) is 2.16. The SMILES string of the molecule is CC1(C)CC(=O)C(C(C2=C(O)CC(C)(C)CC2=O)c2ccc(F)cc2)=C(O)C1.CC1(C)CC(=O)C(C(C2=C(O)CC(C)(C)CC2=O)c2ccc(F)cc2)=C(O)C1. The third kappa shape index (κ3) is 9.22. The van der Waals surface area contributed by atoms with Crippen molar-refractivity contribution in [1.29, 1.82) is 0 Å². The molecule has 0 aromatic heterocycles. The van der Waals surface area contributed by atoms with E-state index in [4.69, 9.17) is 0 Å². The molecule has 0 amide bonds. The molecule has 0 heterocycles. The number of ketones is 4. The summed E-state index contributed by atoms with van der Waals surface area (Å²) >= 11 is 0. The number of halogens is 2. The zero-order chi connectivity index (χ0) is 41.7. The smallest absolute Gasteiger partial charge is 0.163 e. The van der Waals surface area contributed by atoms with Crippen molar-refractivity contribution in [2.45, 2.75) is 119 Å². The van der Waals surface area contributed by atoms with Gasteiger partial charge in [0.05, 0.1) is 0 Å². The molecule has 4 aliphatic rings. The number of aliphatic hydroxyl groups excluding tert-OH is 4. The van der Waals surface area contributed by atoms with Gasteiger partial charge in [0.15, 0.2) is 23.1 Å².